The molecule has 0 heterocycles. The zero-order valence-electron chi connectivity index (χ0n) is 22.0. The molecule has 0 aliphatic rings. The number of aliphatic hydroxyl groups excluding tert-OH is 2. The van der Waals surface area contributed by atoms with Gasteiger partial charge in [0.15, 0.2) is 23.7 Å². The van der Waals surface area contributed by atoms with Crippen molar-refractivity contribution in [1.82, 2.24) is 4.90 Å². The van der Waals surface area contributed by atoms with Crippen molar-refractivity contribution in [2.24, 2.45) is 0 Å². The summed E-state index contributed by atoms with van der Waals surface area (Å²) in [5.41, 5.74) is 2.05. The van der Waals surface area contributed by atoms with E-state index >= 15 is 0 Å². The fourth-order valence-electron chi connectivity index (χ4n) is 3.67. The molecule has 11 heteroatoms. The molecule has 37 heavy (non-hydrogen) atoms. The number of hydrogen-bond acceptors (Lipinski definition) is 9. The molecule has 2 aromatic carbocycles. The SMILES string of the molecule is CCC(COCc1cc(OC)c(OC)c(OC)c1)(c1ccccc1)N(C)C.O=C(O)C(O)C(O)C(=O)O. The Morgan fingerprint density at radius 1 is 0.892 bits per heavy atom. The van der Waals surface area contributed by atoms with Crippen LogP contribution in [0.15, 0.2) is 42.5 Å². The highest BCUT2D eigenvalue weighted by Crippen LogP contribution is 2.38. The predicted octanol–water partition coefficient (Wildman–Crippen LogP) is 1.97. The Balaban J connectivity index is 0.000000580. The first-order valence-corrected chi connectivity index (χ1v) is 11.4. The molecule has 0 fully saturated rings. The normalized spacial score (nSPS) is 14.0. The van der Waals surface area contributed by atoms with Gasteiger partial charge in [-0.2, -0.15) is 0 Å². The van der Waals surface area contributed by atoms with Crippen molar-refractivity contribution in [1.29, 1.82) is 0 Å². The Kier molecular flexibility index (Phi) is 12.8. The second kappa shape index (κ2) is 15.0. The van der Waals surface area contributed by atoms with Crippen molar-refractivity contribution in [3.63, 3.8) is 0 Å². The first-order valence-electron chi connectivity index (χ1n) is 11.4. The number of ether oxygens (including phenoxy) is 4. The topological polar surface area (TPSA) is 155 Å². The summed E-state index contributed by atoms with van der Waals surface area (Å²) >= 11 is 0. The summed E-state index contributed by atoms with van der Waals surface area (Å²) < 4.78 is 22.4. The fourth-order valence-corrected chi connectivity index (χ4v) is 3.67. The highest BCUT2D eigenvalue weighted by Gasteiger charge is 2.33. The van der Waals surface area contributed by atoms with E-state index in [1.54, 1.807) is 21.3 Å². The molecule has 0 saturated carbocycles. The highest BCUT2D eigenvalue weighted by atomic mass is 16.5. The maximum absolute atomic E-state index is 9.77. The van der Waals surface area contributed by atoms with E-state index in [1.807, 2.05) is 18.2 Å². The highest BCUT2D eigenvalue weighted by molar-refractivity contribution is 5.83. The van der Waals surface area contributed by atoms with Crippen molar-refractivity contribution >= 4 is 11.9 Å². The number of methoxy groups -OCH3 is 3. The number of rotatable bonds is 13. The van der Waals surface area contributed by atoms with Crippen LogP contribution in [-0.4, -0.2) is 91.5 Å². The zero-order valence-corrected chi connectivity index (χ0v) is 22.0. The van der Waals surface area contributed by atoms with Gasteiger partial charge in [0.2, 0.25) is 5.75 Å². The van der Waals surface area contributed by atoms with E-state index in [2.05, 4.69) is 50.2 Å². The smallest absolute Gasteiger partial charge is 0.335 e. The molecule has 0 spiro atoms. The van der Waals surface area contributed by atoms with Crippen LogP contribution in [0.1, 0.15) is 24.5 Å². The van der Waals surface area contributed by atoms with Crippen LogP contribution in [0.25, 0.3) is 0 Å². The first-order chi connectivity index (χ1) is 17.5. The summed E-state index contributed by atoms with van der Waals surface area (Å²) in [5.74, 6) is -1.69. The van der Waals surface area contributed by atoms with E-state index in [0.717, 1.165) is 12.0 Å². The Hall–Kier alpha value is -3.38. The molecule has 0 bridgehead atoms. The van der Waals surface area contributed by atoms with Gasteiger partial charge in [0, 0.05) is 0 Å². The van der Waals surface area contributed by atoms with Crippen molar-refractivity contribution in [2.75, 3.05) is 42.0 Å². The fraction of sp³-hybridized carbons (Fsp3) is 0.462. The van der Waals surface area contributed by atoms with Crippen LogP contribution in [0.3, 0.4) is 0 Å². The maximum Gasteiger partial charge on any atom is 0.335 e. The van der Waals surface area contributed by atoms with Crippen molar-refractivity contribution < 1.29 is 49.0 Å². The lowest BCUT2D eigenvalue weighted by atomic mass is 9.87. The van der Waals surface area contributed by atoms with Crippen LogP contribution < -0.4 is 14.2 Å². The number of hydrogen-bond donors (Lipinski definition) is 4. The third-order valence-corrected chi connectivity index (χ3v) is 5.89. The monoisotopic (exact) mass is 523 g/mol. The Morgan fingerprint density at radius 2 is 1.38 bits per heavy atom. The number of carboxylic acids is 2. The molecule has 0 aliphatic heterocycles. The molecule has 0 radical (unpaired) electrons. The number of carbonyl (C=O) groups is 2. The van der Waals surface area contributed by atoms with Gasteiger partial charge < -0.3 is 39.4 Å². The minimum atomic E-state index is -2.27. The molecule has 0 aliphatic carbocycles. The van der Waals surface area contributed by atoms with Gasteiger partial charge in [-0.25, -0.2) is 9.59 Å². The number of likely N-dealkylation sites (N-methyl/N-ethyl adjacent to an activating group) is 1. The second-order valence-electron chi connectivity index (χ2n) is 8.24. The van der Waals surface area contributed by atoms with Gasteiger partial charge in [-0.3, -0.25) is 4.90 Å². The summed E-state index contributed by atoms with van der Waals surface area (Å²) in [4.78, 5) is 21.8. The van der Waals surface area contributed by atoms with Gasteiger partial charge in [0.1, 0.15) is 0 Å². The average molecular weight is 524 g/mol. The van der Waals surface area contributed by atoms with Gasteiger partial charge in [0.05, 0.1) is 40.1 Å². The number of aliphatic carboxylic acids is 2. The maximum atomic E-state index is 9.77. The van der Waals surface area contributed by atoms with Gasteiger partial charge in [-0.1, -0.05) is 37.3 Å². The Morgan fingerprint density at radius 3 is 1.73 bits per heavy atom. The lowest BCUT2D eigenvalue weighted by Gasteiger charge is -2.39. The van der Waals surface area contributed by atoms with E-state index in [9.17, 15) is 9.59 Å². The van der Waals surface area contributed by atoms with E-state index in [0.29, 0.717) is 30.5 Å². The summed E-state index contributed by atoms with van der Waals surface area (Å²) in [6, 6.07) is 14.3. The first kappa shape index (κ1) is 31.6. The van der Waals surface area contributed by atoms with Crippen LogP contribution in [0, 0.1) is 0 Å². The van der Waals surface area contributed by atoms with Gasteiger partial charge >= 0.3 is 11.9 Å². The quantitative estimate of drug-likeness (QED) is 0.304. The molecule has 3 unspecified atom stereocenters. The third kappa shape index (κ3) is 8.32. The zero-order chi connectivity index (χ0) is 28.2. The molecule has 4 N–H and O–H groups in total. The standard InChI is InChI=1S/C22H31NO4.C4H6O6/c1-7-22(23(2)3,18-11-9-8-10-12-18)16-27-15-17-13-19(24-4)21(26-6)20(14-17)25-5;5-1(3(7)8)2(6)4(9)10/h8-14H,7,15-16H2,1-6H3;1-2,5-6H,(H,7,8)(H,9,10). The third-order valence-electron chi connectivity index (χ3n) is 5.89. The van der Waals surface area contributed by atoms with Crippen molar-refractivity contribution in [3.05, 3.63) is 53.6 Å². The molecule has 11 nitrogen and oxygen atoms in total. The summed E-state index contributed by atoms with van der Waals surface area (Å²) in [5, 5.41) is 32.5. The van der Waals surface area contributed by atoms with Crippen LogP contribution in [0.4, 0.5) is 0 Å². The van der Waals surface area contributed by atoms with E-state index in [1.165, 1.54) is 5.56 Å². The van der Waals surface area contributed by atoms with Crippen LogP contribution in [0.5, 0.6) is 17.2 Å². The predicted molar refractivity (Wildman–Crippen MR) is 135 cm³/mol. The molecule has 2 rings (SSSR count). The average Bonchev–Trinajstić information content (AvgIpc) is 2.90. The van der Waals surface area contributed by atoms with Crippen molar-refractivity contribution in [3.8, 4) is 17.2 Å². The molecule has 2 aromatic rings. The number of nitrogens with zero attached hydrogens (tertiary/aromatic N) is 1. The van der Waals surface area contributed by atoms with E-state index in [-0.39, 0.29) is 5.54 Å². The second-order valence-corrected chi connectivity index (χ2v) is 8.24. The molecule has 0 saturated heterocycles. The van der Waals surface area contributed by atoms with Gasteiger partial charge in [-0.05, 0) is 43.8 Å². The summed E-state index contributed by atoms with van der Waals surface area (Å²) in [6.07, 6.45) is -3.59. The minimum Gasteiger partial charge on any atom is -0.493 e. The molecule has 206 valence electrons. The molecule has 0 amide bonds. The van der Waals surface area contributed by atoms with Gasteiger partial charge in [0.25, 0.3) is 0 Å². The van der Waals surface area contributed by atoms with E-state index in [4.69, 9.17) is 39.4 Å². The molecule has 3 atom stereocenters. The van der Waals surface area contributed by atoms with Gasteiger partial charge in [-0.15, -0.1) is 0 Å². The largest absolute Gasteiger partial charge is 0.493 e. The number of carboxylic acid groups (broad SMARTS) is 2. The Bertz CT molecular complexity index is 955. The molecular weight excluding hydrogens is 486 g/mol. The summed E-state index contributed by atoms with van der Waals surface area (Å²) in [6.45, 7) is 3.23. The minimum absolute atomic E-state index is 0.179. The van der Waals surface area contributed by atoms with Crippen LogP contribution >= 0.6 is 0 Å². The van der Waals surface area contributed by atoms with Crippen LogP contribution in [-0.2, 0) is 26.5 Å². The number of aliphatic hydroxyl groups is 2. The lowest BCUT2D eigenvalue weighted by Crippen LogP contribution is -2.45. The van der Waals surface area contributed by atoms with Crippen LogP contribution in [0.2, 0.25) is 0 Å². The molecular formula is C26H37NO10. The number of benzene rings is 2. The lowest BCUT2D eigenvalue weighted by molar-refractivity contribution is -0.165. The Labute approximate surface area is 216 Å². The van der Waals surface area contributed by atoms with Crippen molar-refractivity contribution in [2.45, 2.75) is 37.7 Å². The molecule has 0 aromatic heterocycles. The summed E-state index contributed by atoms with van der Waals surface area (Å²) in [7, 11) is 9.03. The van der Waals surface area contributed by atoms with E-state index < -0.39 is 24.1 Å².